The average molecular weight is 354 g/mol. The average Bonchev–Trinajstić information content (AvgIpc) is 2.64. The third kappa shape index (κ3) is 4.44. The van der Waals surface area contributed by atoms with E-state index in [9.17, 15) is 15.0 Å². The van der Waals surface area contributed by atoms with Gasteiger partial charge in [0.15, 0.2) is 0 Å². The molecule has 4 nitrogen and oxygen atoms in total. The second-order valence-electron chi connectivity index (χ2n) is 7.04. The Morgan fingerprint density at radius 1 is 1.00 bits per heavy atom. The number of rotatable bonds is 7. The molecule has 2 aromatic carbocycles. The lowest BCUT2D eigenvalue weighted by Gasteiger charge is -2.34. The van der Waals surface area contributed by atoms with E-state index in [0.29, 0.717) is 30.8 Å². The fourth-order valence-electron chi connectivity index (χ4n) is 3.75. The maximum Gasteiger partial charge on any atom is 0.307 e. The van der Waals surface area contributed by atoms with E-state index in [1.54, 1.807) is 6.07 Å². The normalized spacial score (nSPS) is 16.2. The lowest BCUT2D eigenvalue weighted by molar-refractivity contribution is -0.136. The van der Waals surface area contributed by atoms with Crippen LogP contribution in [-0.4, -0.2) is 22.8 Å². The van der Waals surface area contributed by atoms with E-state index in [1.807, 2.05) is 42.5 Å². The van der Waals surface area contributed by atoms with Gasteiger partial charge in [0, 0.05) is 17.5 Å². The van der Waals surface area contributed by atoms with Crippen LogP contribution >= 0.6 is 0 Å². The molecular weight excluding hydrogens is 328 g/mol. The Bertz CT molecular complexity index is 733. The molecule has 0 spiro atoms. The molecule has 1 aliphatic carbocycles. The van der Waals surface area contributed by atoms with Gasteiger partial charge in [0.25, 0.3) is 0 Å². The third-order valence-corrected chi connectivity index (χ3v) is 5.10. The number of carboxylic acids is 1. The van der Waals surface area contributed by atoms with Crippen molar-refractivity contribution in [1.29, 1.82) is 0 Å². The number of aliphatic hydroxyl groups is 1. The number of carboxylic acid groups (broad SMARTS) is 1. The van der Waals surface area contributed by atoms with E-state index in [-0.39, 0.29) is 6.42 Å². The van der Waals surface area contributed by atoms with Crippen molar-refractivity contribution in [3.8, 4) is 5.75 Å². The van der Waals surface area contributed by atoms with Crippen molar-refractivity contribution in [3.05, 3.63) is 65.2 Å². The van der Waals surface area contributed by atoms with Crippen molar-refractivity contribution in [1.82, 2.24) is 0 Å². The highest BCUT2D eigenvalue weighted by Gasteiger charge is 2.34. The quantitative estimate of drug-likeness (QED) is 0.786. The molecule has 0 atom stereocenters. The molecular formula is C22H26O4. The summed E-state index contributed by atoms with van der Waals surface area (Å²) in [6.07, 6.45) is 5.09. The molecule has 2 N–H and O–H groups in total. The lowest BCUT2D eigenvalue weighted by atomic mass is 9.78. The van der Waals surface area contributed by atoms with E-state index in [1.165, 1.54) is 5.56 Å². The van der Waals surface area contributed by atoms with Crippen LogP contribution in [0.2, 0.25) is 0 Å². The number of para-hydroxylation sites is 1. The van der Waals surface area contributed by atoms with Gasteiger partial charge in [-0.25, -0.2) is 0 Å². The molecule has 4 heteroatoms. The summed E-state index contributed by atoms with van der Waals surface area (Å²) in [7, 11) is 0. The molecule has 0 amide bonds. The van der Waals surface area contributed by atoms with Gasteiger partial charge in [-0.2, -0.15) is 0 Å². The highest BCUT2D eigenvalue weighted by Crippen LogP contribution is 2.42. The van der Waals surface area contributed by atoms with Gasteiger partial charge >= 0.3 is 5.97 Å². The fraction of sp³-hybridized carbons (Fsp3) is 0.409. The first kappa shape index (κ1) is 18.5. The smallest absolute Gasteiger partial charge is 0.307 e. The van der Waals surface area contributed by atoms with Crippen LogP contribution < -0.4 is 4.74 Å². The maximum absolute atomic E-state index is 11.3. The van der Waals surface area contributed by atoms with Gasteiger partial charge in [0.05, 0.1) is 18.6 Å². The molecule has 0 unspecified atom stereocenters. The summed E-state index contributed by atoms with van der Waals surface area (Å²) < 4.78 is 6.07. The number of hydrogen-bond acceptors (Lipinski definition) is 3. The highest BCUT2D eigenvalue weighted by molar-refractivity contribution is 5.71. The summed E-state index contributed by atoms with van der Waals surface area (Å²) in [5, 5.41) is 20.4. The summed E-state index contributed by atoms with van der Waals surface area (Å²) >= 11 is 0. The predicted molar refractivity (Wildman–Crippen MR) is 100 cm³/mol. The lowest BCUT2D eigenvalue weighted by Crippen LogP contribution is -2.29. The third-order valence-electron chi connectivity index (χ3n) is 5.10. The molecule has 0 aliphatic heterocycles. The van der Waals surface area contributed by atoms with Crippen molar-refractivity contribution in [2.75, 3.05) is 6.61 Å². The van der Waals surface area contributed by atoms with Crippen LogP contribution in [0.15, 0.2) is 48.5 Å². The van der Waals surface area contributed by atoms with Crippen LogP contribution in [0.1, 0.15) is 48.8 Å². The van der Waals surface area contributed by atoms with E-state index >= 15 is 0 Å². The SMILES string of the molecule is O=C(O)Cc1cccc(C2(O)CCCCC2)c1OCCc1ccccc1. The molecule has 0 aromatic heterocycles. The molecule has 138 valence electrons. The molecule has 0 radical (unpaired) electrons. The molecule has 1 saturated carbocycles. The van der Waals surface area contributed by atoms with Crippen molar-refractivity contribution < 1.29 is 19.7 Å². The molecule has 0 saturated heterocycles. The van der Waals surface area contributed by atoms with Gasteiger partial charge in [0.2, 0.25) is 0 Å². The Morgan fingerprint density at radius 2 is 1.73 bits per heavy atom. The van der Waals surface area contributed by atoms with Crippen LogP contribution in [0.3, 0.4) is 0 Å². The summed E-state index contributed by atoms with van der Waals surface area (Å²) in [6.45, 7) is 0.448. The maximum atomic E-state index is 11.3. The fourth-order valence-corrected chi connectivity index (χ4v) is 3.75. The molecule has 2 aromatic rings. The molecule has 26 heavy (non-hydrogen) atoms. The van der Waals surface area contributed by atoms with Gasteiger partial charge in [-0.3, -0.25) is 4.79 Å². The van der Waals surface area contributed by atoms with Gasteiger partial charge < -0.3 is 14.9 Å². The first-order chi connectivity index (χ1) is 12.6. The van der Waals surface area contributed by atoms with Crippen LogP contribution in [0.25, 0.3) is 0 Å². The van der Waals surface area contributed by atoms with E-state index in [2.05, 4.69) is 0 Å². The van der Waals surface area contributed by atoms with Gasteiger partial charge in [0.1, 0.15) is 5.75 Å². The Balaban J connectivity index is 1.85. The largest absolute Gasteiger partial charge is 0.493 e. The van der Waals surface area contributed by atoms with Crippen LogP contribution in [0.5, 0.6) is 5.75 Å². The van der Waals surface area contributed by atoms with Gasteiger partial charge in [-0.05, 0) is 18.4 Å². The zero-order valence-electron chi connectivity index (χ0n) is 15.0. The highest BCUT2D eigenvalue weighted by atomic mass is 16.5. The zero-order chi connectivity index (χ0) is 18.4. The van der Waals surface area contributed by atoms with E-state index < -0.39 is 11.6 Å². The molecule has 0 heterocycles. The van der Waals surface area contributed by atoms with E-state index in [0.717, 1.165) is 31.2 Å². The Morgan fingerprint density at radius 3 is 2.42 bits per heavy atom. The minimum absolute atomic E-state index is 0.107. The second kappa shape index (κ2) is 8.37. The Labute approximate surface area is 154 Å². The van der Waals surface area contributed by atoms with Crippen molar-refractivity contribution in [2.24, 2.45) is 0 Å². The van der Waals surface area contributed by atoms with E-state index in [4.69, 9.17) is 4.74 Å². The van der Waals surface area contributed by atoms with Crippen molar-refractivity contribution in [3.63, 3.8) is 0 Å². The number of hydrogen-bond donors (Lipinski definition) is 2. The van der Waals surface area contributed by atoms with Gasteiger partial charge in [-0.1, -0.05) is 67.8 Å². The summed E-state index contributed by atoms with van der Waals surface area (Å²) in [5.41, 5.74) is 1.61. The first-order valence-corrected chi connectivity index (χ1v) is 9.32. The molecule has 1 fully saturated rings. The van der Waals surface area contributed by atoms with Crippen LogP contribution in [0.4, 0.5) is 0 Å². The van der Waals surface area contributed by atoms with Gasteiger partial charge in [-0.15, -0.1) is 0 Å². The van der Waals surface area contributed by atoms with Crippen LogP contribution in [-0.2, 0) is 23.2 Å². The molecule has 0 bridgehead atoms. The second-order valence-corrected chi connectivity index (χ2v) is 7.04. The first-order valence-electron chi connectivity index (χ1n) is 9.32. The minimum Gasteiger partial charge on any atom is -0.493 e. The number of benzene rings is 2. The number of aliphatic carboxylic acids is 1. The molecule has 1 aliphatic rings. The topological polar surface area (TPSA) is 66.8 Å². The zero-order valence-corrected chi connectivity index (χ0v) is 15.0. The summed E-state index contributed by atoms with van der Waals surface area (Å²) in [6, 6.07) is 15.5. The van der Waals surface area contributed by atoms with Crippen LogP contribution in [0, 0.1) is 0 Å². The predicted octanol–water partition coefficient (Wildman–Crippen LogP) is 4.09. The summed E-state index contributed by atoms with van der Waals surface area (Å²) in [5.74, 6) is -0.346. The monoisotopic (exact) mass is 354 g/mol. The Kier molecular flexibility index (Phi) is 5.94. The Hall–Kier alpha value is -2.33. The standard InChI is InChI=1S/C22H26O4/c23-20(24)16-18-10-7-11-19(22(25)13-5-2-6-14-22)21(18)26-15-12-17-8-3-1-4-9-17/h1,3-4,7-11,25H,2,5-6,12-16H2,(H,23,24). The van der Waals surface area contributed by atoms with Crippen molar-refractivity contribution in [2.45, 2.75) is 50.5 Å². The number of ether oxygens (including phenoxy) is 1. The summed E-state index contributed by atoms with van der Waals surface area (Å²) in [4.78, 5) is 11.3. The number of carbonyl (C=O) groups is 1. The minimum atomic E-state index is -0.922. The van der Waals surface area contributed by atoms with Crippen molar-refractivity contribution >= 4 is 5.97 Å². The molecule has 3 rings (SSSR count).